The van der Waals surface area contributed by atoms with Gasteiger partial charge in [-0.3, -0.25) is 0 Å². The van der Waals surface area contributed by atoms with Crippen molar-refractivity contribution in [2.75, 3.05) is 0 Å². The van der Waals surface area contributed by atoms with Gasteiger partial charge < -0.3 is 9.09 Å². The van der Waals surface area contributed by atoms with E-state index < -0.39 is 17.5 Å². The van der Waals surface area contributed by atoms with E-state index in [1.165, 1.54) is 12.1 Å². The van der Waals surface area contributed by atoms with Crippen LogP contribution in [-0.4, -0.2) is 19.7 Å². The highest BCUT2D eigenvalue weighted by atomic mass is 35.5. The normalized spacial score (nSPS) is 11.4. The molecule has 2 aromatic carbocycles. The molecule has 0 unspecified atom stereocenters. The highest BCUT2D eigenvalue weighted by Crippen LogP contribution is 2.30. The summed E-state index contributed by atoms with van der Waals surface area (Å²) in [5, 5.41) is 3.86. The maximum Gasteiger partial charge on any atom is 0.163 e. The largest absolute Gasteiger partial charge is 0.359 e. The van der Waals surface area contributed by atoms with Gasteiger partial charge in [0.25, 0.3) is 0 Å². The van der Waals surface area contributed by atoms with Crippen LogP contribution in [0.2, 0.25) is 5.02 Å². The zero-order chi connectivity index (χ0) is 21.5. The average Bonchev–Trinajstić information content (AvgIpc) is 3.37. The second-order valence-electron chi connectivity index (χ2n) is 6.84. The molecule has 5 rings (SSSR count). The fraction of sp³-hybridized carbons (Fsp3) is 0.0455. The van der Waals surface area contributed by atoms with Gasteiger partial charge in [-0.2, -0.15) is 0 Å². The molecular weight excluding hydrogens is 429 g/mol. The zero-order valence-electron chi connectivity index (χ0n) is 15.7. The van der Waals surface area contributed by atoms with Gasteiger partial charge in [-0.1, -0.05) is 22.8 Å². The molecule has 9 heteroatoms. The van der Waals surface area contributed by atoms with E-state index in [1.54, 1.807) is 41.2 Å². The number of pyridine rings is 1. The molecule has 0 radical (unpaired) electrons. The Hall–Kier alpha value is -3.65. The number of aromatic nitrogens is 4. The number of hydrogen-bond acceptors (Lipinski definition) is 4. The van der Waals surface area contributed by atoms with E-state index >= 15 is 0 Å². The monoisotopic (exact) mass is 440 g/mol. The van der Waals surface area contributed by atoms with Gasteiger partial charge in [0, 0.05) is 30.1 Å². The summed E-state index contributed by atoms with van der Waals surface area (Å²) in [6, 6.07) is 11.2. The maximum atomic E-state index is 14.3. The lowest BCUT2D eigenvalue weighted by atomic mass is 10.1. The molecule has 0 amide bonds. The Kier molecular flexibility index (Phi) is 4.71. The molecule has 31 heavy (non-hydrogen) atoms. The van der Waals surface area contributed by atoms with E-state index in [4.69, 9.17) is 16.1 Å². The number of halogens is 4. The number of rotatable bonds is 4. The summed E-state index contributed by atoms with van der Waals surface area (Å²) < 4.78 is 48.4. The van der Waals surface area contributed by atoms with Crippen molar-refractivity contribution in [1.29, 1.82) is 0 Å². The van der Waals surface area contributed by atoms with Crippen LogP contribution >= 0.6 is 11.6 Å². The molecule has 0 N–H and O–H groups in total. The van der Waals surface area contributed by atoms with Crippen LogP contribution in [0.25, 0.3) is 34.0 Å². The molecule has 0 saturated carbocycles. The molecule has 5 nitrogen and oxygen atoms in total. The van der Waals surface area contributed by atoms with Gasteiger partial charge in [-0.25, -0.2) is 23.1 Å². The van der Waals surface area contributed by atoms with Crippen LogP contribution in [0.15, 0.2) is 65.4 Å². The van der Waals surface area contributed by atoms with Crippen molar-refractivity contribution in [3.05, 3.63) is 89.2 Å². The smallest absolute Gasteiger partial charge is 0.163 e. The van der Waals surface area contributed by atoms with Gasteiger partial charge in [0.1, 0.15) is 23.0 Å². The topological polar surface area (TPSA) is 56.7 Å². The Morgan fingerprint density at radius 1 is 0.903 bits per heavy atom. The summed E-state index contributed by atoms with van der Waals surface area (Å²) in [4.78, 5) is 8.76. The fourth-order valence-corrected chi connectivity index (χ4v) is 3.41. The quantitative estimate of drug-likeness (QED) is 0.353. The number of imidazole rings is 1. The van der Waals surface area contributed by atoms with Crippen molar-refractivity contribution in [2.45, 2.75) is 6.54 Å². The third kappa shape index (κ3) is 3.66. The molecular formula is C22H12ClF3N4O. The molecule has 0 atom stereocenters. The van der Waals surface area contributed by atoms with Crippen LogP contribution in [0.1, 0.15) is 5.76 Å². The molecule has 0 bridgehead atoms. The second kappa shape index (κ2) is 7.55. The summed E-state index contributed by atoms with van der Waals surface area (Å²) >= 11 is 5.85. The third-order valence-electron chi connectivity index (χ3n) is 4.72. The van der Waals surface area contributed by atoms with E-state index in [0.717, 1.165) is 12.1 Å². The average molecular weight is 441 g/mol. The predicted octanol–water partition coefficient (Wildman–Crippen LogP) is 5.82. The Bertz CT molecular complexity index is 1380. The second-order valence-corrected chi connectivity index (χ2v) is 7.25. The first-order valence-corrected chi connectivity index (χ1v) is 9.54. The van der Waals surface area contributed by atoms with Gasteiger partial charge in [-0.15, -0.1) is 0 Å². The summed E-state index contributed by atoms with van der Waals surface area (Å²) in [6.45, 7) is 0.291. The minimum Gasteiger partial charge on any atom is -0.359 e. The molecule has 2 aliphatic heterocycles. The van der Waals surface area contributed by atoms with Crippen molar-refractivity contribution in [2.24, 2.45) is 0 Å². The minimum atomic E-state index is -0.721. The summed E-state index contributed by atoms with van der Waals surface area (Å²) in [6.07, 6.45) is 3.49. The van der Waals surface area contributed by atoms with Gasteiger partial charge in [0.05, 0.1) is 22.8 Å². The van der Waals surface area contributed by atoms with Crippen molar-refractivity contribution in [3.63, 3.8) is 0 Å². The van der Waals surface area contributed by atoms with Crippen LogP contribution < -0.4 is 0 Å². The number of benzene rings is 2. The fourth-order valence-electron chi connectivity index (χ4n) is 3.24. The van der Waals surface area contributed by atoms with Gasteiger partial charge >= 0.3 is 0 Å². The molecule has 0 aliphatic carbocycles. The van der Waals surface area contributed by atoms with Crippen molar-refractivity contribution in [1.82, 2.24) is 19.7 Å². The molecule has 0 saturated heterocycles. The molecule has 0 fully saturated rings. The Labute approximate surface area is 179 Å². The van der Waals surface area contributed by atoms with Crippen LogP contribution in [-0.2, 0) is 6.54 Å². The summed E-state index contributed by atoms with van der Waals surface area (Å²) in [7, 11) is 0. The highest BCUT2D eigenvalue weighted by Gasteiger charge is 2.18. The molecule has 0 spiro atoms. The van der Waals surface area contributed by atoms with Gasteiger partial charge in [0.2, 0.25) is 0 Å². The van der Waals surface area contributed by atoms with Crippen LogP contribution in [0.3, 0.4) is 0 Å². The predicted molar refractivity (Wildman–Crippen MR) is 108 cm³/mol. The first-order valence-electron chi connectivity index (χ1n) is 9.17. The van der Waals surface area contributed by atoms with E-state index in [-0.39, 0.29) is 27.7 Å². The standard InChI is InChI=1S/C22H12ClF3N4O/c23-16-3-1-2-15(21(16)26)22-27-18-6-7-30(11-20(18)28-22)10-13-9-19(29-31-13)14-5-4-12(24)8-17(14)25/h1-9,11H,10H2. The molecule has 2 aliphatic rings. The van der Waals surface area contributed by atoms with Crippen LogP contribution in [0.4, 0.5) is 13.2 Å². The van der Waals surface area contributed by atoms with Gasteiger partial charge in [-0.05, 0) is 30.3 Å². The first kappa shape index (κ1) is 19.3. The highest BCUT2D eigenvalue weighted by molar-refractivity contribution is 6.31. The zero-order valence-corrected chi connectivity index (χ0v) is 16.4. The maximum absolute atomic E-state index is 14.3. The van der Waals surface area contributed by atoms with E-state index in [0.29, 0.717) is 23.7 Å². The van der Waals surface area contributed by atoms with Gasteiger partial charge in [0.15, 0.2) is 17.4 Å². The first-order chi connectivity index (χ1) is 15.0. The van der Waals surface area contributed by atoms with Crippen LogP contribution in [0.5, 0.6) is 0 Å². The Balaban J connectivity index is 1.42. The third-order valence-corrected chi connectivity index (χ3v) is 5.02. The van der Waals surface area contributed by atoms with Crippen molar-refractivity contribution < 1.29 is 17.7 Å². The summed E-state index contributed by atoms with van der Waals surface area (Å²) in [5.41, 5.74) is 1.78. The van der Waals surface area contributed by atoms with E-state index in [1.807, 2.05) is 0 Å². The Morgan fingerprint density at radius 2 is 1.74 bits per heavy atom. The summed E-state index contributed by atoms with van der Waals surface area (Å²) in [5.74, 6) is -1.26. The lowest BCUT2D eigenvalue weighted by Crippen LogP contribution is -1.99. The van der Waals surface area contributed by atoms with E-state index in [9.17, 15) is 13.2 Å². The molecule has 3 heterocycles. The SMILES string of the molecule is Fc1ccc(-c2cc(Cn3ccc4nc(-c5cccc(Cl)c5F)nc-4c3)on2)c(F)c1. The lowest BCUT2D eigenvalue weighted by molar-refractivity contribution is 0.378. The Morgan fingerprint density at radius 3 is 2.58 bits per heavy atom. The minimum absolute atomic E-state index is 0.000125. The molecule has 3 aromatic rings. The van der Waals surface area contributed by atoms with E-state index in [2.05, 4.69) is 15.1 Å². The molecule has 154 valence electrons. The van der Waals surface area contributed by atoms with Crippen molar-refractivity contribution in [3.8, 4) is 34.0 Å². The van der Waals surface area contributed by atoms with Crippen LogP contribution in [0, 0.1) is 17.5 Å². The number of hydrogen-bond donors (Lipinski definition) is 0. The lowest BCUT2D eigenvalue weighted by Gasteiger charge is -2.04. The number of fused-ring (bicyclic) bond motifs is 1. The number of nitrogens with zero attached hydrogens (tertiary/aromatic N) is 4. The molecule has 1 aromatic heterocycles. The van der Waals surface area contributed by atoms with Crippen molar-refractivity contribution >= 4 is 11.6 Å².